The Balaban J connectivity index is 1.19. The van der Waals surface area contributed by atoms with Crippen molar-refractivity contribution in [1.82, 2.24) is 24.8 Å². The lowest BCUT2D eigenvalue weighted by Crippen LogP contribution is -2.46. The molecule has 1 aliphatic heterocycles. The van der Waals surface area contributed by atoms with Gasteiger partial charge in [0, 0.05) is 42.3 Å². The molecule has 3 aromatic heterocycles. The van der Waals surface area contributed by atoms with Gasteiger partial charge in [-0.3, -0.25) is 9.59 Å². The number of aryl methyl sites for hydroxylation is 2. The highest BCUT2D eigenvalue weighted by atomic mass is 16.3. The smallest absolute Gasteiger partial charge is 0.257 e. The number of amides is 2. The van der Waals surface area contributed by atoms with Crippen molar-refractivity contribution in [1.29, 1.82) is 0 Å². The van der Waals surface area contributed by atoms with Gasteiger partial charge < -0.3 is 14.6 Å². The van der Waals surface area contributed by atoms with Crippen LogP contribution in [0.1, 0.15) is 46.6 Å². The quantitative estimate of drug-likeness (QED) is 0.508. The van der Waals surface area contributed by atoms with Crippen molar-refractivity contribution in [2.24, 2.45) is 0 Å². The van der Waals surface area contributed by atoms with Crippen LogP contribution in [-0.2, 0) is 11.2 Å². The van der Waals surface area contributed by atoms with E-state index >= 15 is 0 Å². The molecule has 170 valence electrons. The number of piperidine rings is 1. The van der Waals surface area contributed by atoms with E-state index in [9.17, 15) is 9.59 Å². The van der Waals surface area contributed by atoms with Crippen LogP contribution in [0.2, 0.25) is 0 Å². The van der Waals surface area contributed by atoms with Crippen molar-refractivity contribution in [2.75, 3.05) is 13.1 Å². The number of likely N-dealkylation sites (tertiary alicyclic amines) is 1. The predicted octanol–water partition coefficient (Wildman–Crippen LogP) is 3.45. The van der Waals surface area contributed by atoms with Crippen LogP contribution < -0.4 is 5.32 Å². The maximum atomic E-state index is 12.7. The Labute approximate surface area is 191 Å². The fraction of sp³-hybridized carbons (Fsp3) is 0.360. The summed E-state index contributed by atoms with van der Waals surface area (Å²) in [6.07, 6.45) is 5.48. The van der Waals surface area contributed by atoms with Crippen LogP contribution in [0.25, 0.3) is 16.6 Å². The maximum Gasteiger partial charge on any atom is 0.257 e. The topological polar surface area (TPSA) is 92.7 Å². The summed E-state index contributed by atoms with van der Waals surface area (Å²) < 4.78 is 6.89. The summed E-state index contributed by atoms with van der Waals surface area (Å²) in [5.74, 6) is 0.00721. The minimum atomic E-state index is -0.0198. The van der Waals surface area contributed by atoms with Crippen LogP contribution in [0.5, 0.6) is 0 Å². The normalized spacial score (nSPS) is 14.8. The Morgan fingerprint density at radius 3 is 2.70 bits per heavy atom. The number of nitrogens with zero attached hydrogens (tertiary/aromatic N) is 4. The first kappa shape index (κ1) is 21.2. The van der Waals surface area contributed by atoms with Gasteiger partial charge in [-0.1, -0.05) is 12.1 Å². The largest absolute Gasteiger partial charge is 0.472 e. The van der Waals surface area contributed by atoms with Crippen LogP contribution in [-0.4, -0.2) is 50.4 Å². The Kier molecular flexibility index (Phi) is 5.58. The van der Waals surface area contributed by atoms with E-state index in [1.54, 1.807) is 6.07 Å². The number of rotatable bonds is 5. The van der Waals surface area contributed by atoms with Gasteiger partial charge in [-0.05, 0) is 56.9 Å². The van der Waals surface area contributed by atoms with E-state index in [-0.39, 0.29) is 17.9 Å². The molecule has 4 aromatic rings. The van der Waals surface area contributed by atoms with Crippen molar-refractivity contribution in [3.05, 3.63) is 65.4 Å². The first-order chi connectivity index (χ1) is 16.0. The second kappa shape index (κ2) is 8.69. The summed E-state index contributed by atoms with van der Waals surface area (Å²) in [5.41, 5.74) is 5.35. The molecule has 0 bridgehead atoms. The zero-order valence-corrected chi connectivity index (χ0v) is 18.9. The molecule has 8 heteroatoms. The summed E-state index contributed by atoms with van der Waals surface area (Å²) in [5, 5.41) is 8.87. The van der Waals surface area contributed by atoms with Crippen molar-refractivity contribution in [2.45, 2.75) is 45.6 Å². The number of hydrogen-bond donors (Lipinski definition) is 1. The van der Waals surface area contributed by atoms with Gasteiger partial charge in [0.15, 0.2) is 5.65 Å². The zero-order valence-electron chi connectivity index (χ0n) is 18.9. The van der Waals surface area contributed by atoms with Gasteiger partial charge in [0.05, 0.1) is 17.3 Å². The molecule has 5 rings (SSSR count). The molecule has 1 aromatic carbocycles. The number of nitrogens with one attached hydrogen (secondary N) is 1. The van der Waals surface area contributed by atoms with Crippen molar-refractivity contribution >= 4 is 28.4 Å². The Bertz CT molecular complexity index is 1320. The Morgan fingerprint density at radius 1 is 1.15 bits per heavy atom. The van der Waals surface area contributed by atoms with Crippen molar-refractivity contribution < 1.29 is 14.0 Å². The molecule has 8 nitrogen and oxygen atoms in total. The van der Waals surface area contributed by atoms with E-state index in [0.717, 1.165) is 46.3 Å². The number of aromatic nitrogens is 3. The lowest BCUT2D eigenvalue weighted by Gasteiger charge is -2.32. The van der Waals surface area contributed by atoms with Gasteiger partial charge in [0.2, 0.25) is 5.91 Å². The monoisotopic (exact) mass is 445 g/mol. The highest BCUT2D eigenvalue weighted by molar-refractivity contribution is 5.94. The molecule has 0 radical (unpaired) electrons. The van der Waals surface area contributed by atoms with Crippen LogP contribution in [0.15, 0.2) is 47.3 Å². The minimum absolute atomic E-state index is 0.0198. The summed E-state index contributed by atoms with van der Waals surface area (Å²) in [7, 11) is 0. The van der Waals surface area contributed by atoms with Gasteiger partial charge >= 0.3 is 0 Å². The summed E-state index contributed by atoms with van der Waals surface area (Å²) in [6, 6.07) is 9.75. The van der Waals surface area contributed by atoms with Crippen LogP contribution in [0, 0.1) is 13.8 Å². The van der Waals surface area contributed by atoms with Crippen molar-refractivity contribution in [3.63, 3.8) is 0 Å². The molecule has 4 heterocycles. The van der Waals surface area contributed by atoms with Gasteiger partial charge in [-0.2, -0.15) is 5.10 Å². The average molecular weight is 446 g/mol. The zero-order chi connectivity index (χ0) is 22.9. The second-order valence-corrected chi connectivity index (χ2v) is 8.66. The molecule has 0 unspecified atom stereocenters. The first-order valence-electron chi connectivity index (χ1n) is 11.4. The van der Waals surface area contributed by atoms with E-state index < -0.39 is 0 Å². The number of benzene rings is 1. The average Bonchev–Trinajstić information content (AvgIpc) is 3.48. The molecule has 0 aliphatic carbocycles. The summed E-state index contributed by atoms with van der Waals surface area (Å²) in [6.45, 7) is 5.28. The van der Waals surface area contributed by atoms with Gasteiger partial charge in [-0.15, -0.1) is 0 Å². The lowest BCUT2D eigenvalue weighted by molar-refractivity contribution is -0.122. The van der Waals surface area contributed by atoms with E-state index in [2.05, 4.69) is 5.32 Å². The molecule has 2 amide bonds. The molecule has 1 saturated heterocycles. The molecular formula is C25H27N5O3. The van der Waals surface area contributed by atoms with E-state index in [0.29, 0.717) is 31.5 Å². The lowest BCUT2D eigenvalue weighted by atomic mass is 10.0. The highest BCUT2D eigenvalue weighted by Gasteiger charge is 2.25. The number of hydrogen-bond acceptors (Lipinski definition) is 5. The number of carbonyl (C=O) groups excluding carboxylic acids is 2. The summed E-state index contributed by atoms with van der Waals surface area (Å²) in [4.78, 5) is 31.7. The summed E-state index contributed by atoms with van der Waals surface area (Å²) >= 11 is 0. The highest BCUT2D eigenvalue weighted by Crippen LogP contribution is 2.23. The third-order valence-corrected chi connectivity index (χ3v) is 6.54. The molecule has 1 aliphatic rings. The molecule has 1 N–H and O–H groups in total. The molecule has 33 heavy (non-hydrogen) atoms. The van der Waals surface area contributed by atoms with E-state index in [1.807, 2.05) is 47.5 Å². The van der Waals surface area contributed by atoms with E-state index in [1.165, 1.54) is 12.5 Å². The standard InChI is InChI=1S/C25H27N5O3/c1-16-20(17(2)30-24(26-16)21-5-3-4-6-22(21)28-30)7-8-23(31)27-19-9-12-29(13-10-19)25(32)18-11-14-33-15-18/h3-6,11,14-15,19H,7-10,12-13H2,1-2H3,(H,27,31). The maximum absolute atomic E-state index is 12.7. The molecular weight excluding hydrogens is 418 g/mol. The van der Waals surface area contributed by atoms with Gasteiger partial charge in [0.25, 0.3) is 5.91 Å². The molecule has 0 saturated carbocycles. The van der Waals surface area contributed by atoms with Gasteiger partial charge in [0.1, 0.15) is 6.26 Å². The number of carbonyl (C=O) groups is 2. The number of furan rings is 1. The minimum Gasteiger partial charge on any atom is -0.472 e. The second-order valence-electron chi connectivity index (χ2n) is 8.66. The van der Waals surface area contributed by atoms with Gasteiger partial charge in [-0.25, -0.2) is 9.50 Å². The fourth-order valence-electron chi connectivity index (χ4n) is 4.67. The first-order valence-corrected chi connectivity index (χ1v) is 11.4. The predicted molar refractivity (Wildman–Crippen MR) is 124 cm³/mol. The van der Waals surface area contributed by atoms with Crippen molar-refractivity contribution in [3.8, 4) is 0 Å². The van der Waals surface area contributed by atoms with Crippen LogP contribution >= 0.6 is 0 Å². The fourth-order valence-corrected chi connectivity index (χ4v) is 4.67. The molecule has 1 fully saturated rings. The van der Waals surface area contributed by atoms with Crippen LogP contribution in [0.3, 0.4) is 0 Å². The van der Waals surface area contributed by atoms with E-state index in [4.69, 9.17) is 14.5 Å². The number of fused-ring (bicyclic) bond motifs is 3. The third kappa shape index (κ3) is 4.08. The Morgan fingerprint density at radius 2 is 1.94 bits per heavy atom. The Hall–Kier alpha value is -3.68. The van der Waals surface area contributed by atoms with Crippen LogP contribution in [0.4, 0.5) is 0 Å². The molecule has 0 atom stereocenters. The molecule has 0 spiro atoms. The SMILES string of the molecule is Cc1nc2c3ccccc3nn2c(C)c1CCC(=O)NC1CCN(C(=O)c2ccoc2)CC1. The third-order valence-electron chi connectivity index (χ3n) is 6.54.